The summed E-state index contributed by atoms with van der Waals surface area (Å²) in [6.07, 6.45) is 0. The zero-order valence-electron chi connectivity index (χ0n) is 9.17. The van der Waals surface area contributed by atoms with Gasteiger partial charge in [-0.2, -0.15) is 5.26 Å². The third kappa shape index (κ3) is 2.77. The Morgan fingerprint density at radius 1 is 1.62 bits per heavy atom. The lowest BCUT2D eigenvalue weighted by Crippen LogP contribution is -2.24. The fourth-order valence-electron chi connectivity index (χ4n) is 1.43. The highest BCUT2D eigenvalue weighted by Gasteiger charge is 2.12. The first-order valence-corrected chi connectivity index (χ1v) is 5.18. The van der Waals surface area contributed by atoms with Gasteiger partial charge in [-0.15, -0.1) is 0 Å². The van der Waals surface area contributed by atoms with Crippen molar-refractivity contribution in [2.24, 2.45) is 5.92 Å². The van der Waals surface area contributed by atoms with Gasteiger partial charge in [0.15, 0.2) is 0 Å². The summed E-state index contributed by atoms with van der Waals surface area (Å²) in [5, 5.41) is 8.73. The second kappa shape index (κ2) is 5.04. The molecule has 2 N–H and O–H groups in total. The molecular weight excluding hydrogens is 229 g/mol. The van der Waals surface area contributed by atoms with Crippen LogP contribution in [0.3, 0.4) is 0 Å². The maximum absolute atomic E-state index is 13.1. The van der Waals surface area contributed by atoms with Crippen LogP contribution in [0, 0.1) is 23.1 Å². The van der Waals surface area contributed by atoms with Gasteiger partial charge in [-0.25, -0.2) is 4.39 Å². The summed E-state index contributed by atoms with van der Waals surface area (Å²) >= 11 is 5.68. The van der Waals surface area contributed by atoms with E-state index in [0.717, 1.165) is 0 Å². The van der Waals surface area contributed by atoms with E-state index in [2.05, 4.69) is 6.07 Å². The molecule has 0 bridgehead atoms. The highest BCUT2D eigenvalue weighted by molar-refractivity contribution is 6.31. The van der Waals surface area contributed by atoms with Crippen LogP contribution in [0.25, 0.3) is 0 Å². The largest absolute Gasteiger partial charge is 0.397 e. The smallest absolute Gasteiger partial charge is 0.143 e. The molecule has 1 aromatic carbocycles. The average molecular weight is 242 g/mol. The molecule has 0 fully saturated rings. The van der Waals surface area contributed by atoms with Gasteiger partial charge in [-0.3, -0.25) is 0 Å². The molecule has 0 amide bonds. The van der Waals surface area contributed by atoms with Crippen LogP contribution >= 0.6 is 11.6 Å². The molecule has 0 spiro atoms. The number of halogens is 2. The standard InChI is InChI=1S/C11H13ClFN3/c1-7(5-14)6-16(2)11-3-8(12)9(13)4-10(11)15/h3-4,7H,6,15H2,1-2H3. The Hall–Kier alpha value is -1.47. The molecule has 16 heavy (non-hydrogen) atoms. The third-order valence-corrected chi connectivity index (χ3v) is 2.54. The first kappa shape index (κ1) is 12.6. The van der Waals surface area contributed by atoms with Gasteiger partial charge in [0, 0.05) is 19.7 Å². The van der Waals surface area contributed by atoms with Gasteiger partial charge in [0.1, 0.15) is 5.82 Å². The Balaban J connectivity index is 2.96. The van der Waals surface area contributed by atoms with E-state index in [1.54, 1.807) is 18.9 Å². The summed E-state index contributed by atoms with van der Waals surface area (Å²) in [6, 6.07) is 4.78. The zero-order valence-corrected chi connectivity index (χ0v) is 9.92. The molecule has 0 aliphatic heterocycles. The van der Waals surface area contributed by atoms with E-state index >= 15 is 0 Å². The highest BCUT2D eigenvalue weighted by atomic mass is 35.5. The van der Waals surface area contributed by atoms with Crippen LogP contribution in [0.15, 0.2) is 12.1 Å². The van der Waals surface area contributed by atoms with Crippen molar-refractivity contribution in [2.45, 2.75) is 6.92 Å². The van der Waals surface area contributed by atoms with Crippen molar-refractivity contribution in [1.82, 2.24) is 0 Å². The molecule has 0 aromatic heterocycles. The van der Waals surface area contributed by atoms with Gasteiger partial charge in [-0.1, -0.05) is 11.6 Å². The number of nitrogen functional groups attached to an aromatic ring is 1. The van der Waals surface area contributed by atoms with Gasteiger partial charge in [0.2, 0.25) is 0 Å². The number of rotatable bonds is 3. The van der Waals surface area contributed by atoms with Crippen LogP contribution in [0.4, 0.5) is 15.8 Å². The van der Waals surface area contributed by atoms with Crippen molar-refractivity contribution in [1.29, 1.82) is 5.26 Å². The summed E-state index contributed by atoms with van der Waals surface area (Å²) in [7, 11) is 1.79. The third-order valence-electron chi connectivity index (χ3n) is 2.25. The Bertz CT molecular complexity index is 428. The fourth-order valence-corrected chi connectivity index (χ4v) is 1.59. The molecule has 3 nitrogen and oxygen atoms in total. The van der Waals surface area contributed by atoms with E-state index in [-0.39, 0.29) is 10.9 Å². The SMILES string of the molecule is CC(C#N)CN(C)c1cc(Cl)c(F)cc1N. The Morgan fingerprint density at radius 3 is 2.81 bits per heavy atom. The van der Waals surface area contributed by atoms with Crippen molar-refractivity contribution in [3.63, 3.8) is 0 Å². The van der Waals surface area contributed by atoms with E-state index < -0.39 is 5.82 Å². The molecule has 0 saturated carbocycles. The Labute approximate surface area is 99.2 Å². The van der Waals surface area contributed by atoms with Crippen LogP contribution < -0.4 is 10.6 Å². The normalized spacial score (nSPS) is 11.9. The van der Waals surface area contributed by atoms with E-state index in [1.165, 1.54) is 12.1 Å². The molecule has 86 valence electrons. The first-order chi connectivity index (χ1) is 7.45. The molecule has 0 heterocycles. The molecule has 0 aliphatic rings. The van der Waals surface area contributed by atoms with Crippen molar-refractivity contribution in [3.05, 3.63) is 23.0 Å². The lowest BCUT2D eigenvalue weighted by atomic mass is 10.1. The number of nitrogens with zero attached hydrogens (tertiary/aromatic N) is 2. The lowest BCUT2D eigenvalue weighted by Gasteiger charge is -2.22. The second-order valence-electron chi connectivity index (χ2n) is 3.74. The van der Waals surface area contributed by atoms with Gasteiger partial charge in [-0.05, 0) is 13.0 Å². The maximum atomic E-state index is 13.1. The minimum absolute atomic E-state index is 0.0284. The summed E-state index contributed by atoms with van der Waals surface area (Å²) in [5.74, 6) is -0.669. The monoisotopic (exact) mass is 241 g/mol. The summed E-state index contributed by atoms with van der Waals surface area (Å²) in [5.41, 5.74) is 6.63. The highest BCUT2D eigenvalue weighted by Crippen LogP contribution is 2.29. The molecule has 1 atom stereocenters. The van der Waals surface area contributed by atoms with E-state index in [0.29, 0.717) is 17.9 Å². The predicted octanol–water partition coefficient (Wildman–Crippen LogP) is 2.66. The van der Waals surface area contributed by atoms with Crippen LogP contribution in [0.1, 0.15) is 6.92 Å². The van der Waals surface area contributed by atoms with E-state index in [4.69, 9.17) is 22.6 Å². The number of nitrogens with two attached hydrogens (primary N) is 1. The fraction of sp³-hybridized carbons (Fsp3) is 0.364. The molecule has 1 aromatic rings. The summed E-state index contributed by atoms with van der Waals surface area (Å²) in [6.45, 7) is 2.32. The first-order valence-electron chi connectivity index (χ1n) is 4.81. The number of benzene rings is 1. The number of hydrogen-bond acceptors (Lipinski definition) is 3. The van der Waals surface area contributed by atoms with Crippen molar-refractivity contribution in [2.75, 3.05) is 24.2 Å². The minimum Gasteiger partial charge on any atom is -0.397 e. The second-order valence-corrected chi connectivity index (χ2v) is 4.14. The maximum Gasteiger partial charge on any atom is 0.143 e. The van der Waals surface area contributed by atoms with Crippen LogP contribution in [-0.4, -0.2) is 13.6 Å². The molecular formula is C11H13ClFN3. The quantitative estimate of drug-likeness (QED) is 0.828. The molecule has 0 radical (unpaired) electrons. The number of nitriles is 1. The lowest BCUT2D eigenvalue weighted by molar-refractivity contribution is 0.628. The summed E-state index contributed by atoms with van der Waals surface area (Å²) in [4.78, 5) is 1.79. The van der Waals surface area contributed by atoms with Gasteiger partial charge in [0.25, 0.3) is 0 Å². The Kier molecular flexibility index (Phi) is 3.97. The molecule has 0 aliphatic carbocycles. The van der Waals surface area contributed by atoms with Crippen LogP contribution in [-0.2, 0) is 0 Å². The summed E-state index contributed by atoms with van der Waals surface area (Å²) < 4.78 is 13.1. The number of anilines is 2. The van der Waals surface area contributed by atoms with Crippen molar-refractivity contribution in [3.8, 4) is 6.07 Å². The molecule has 1 rings (SSSR count). The number of hydrogen-bond donors (Lipinski definition) is 1. The molecule has 5 heteroatoms. The van der Waals surface area contributed by atoms with Crippen LogP contribution in [0.2, 0.25) is 5.02 Å². The van der Waals surface area contributed by atoms with Gasteiger partial charge < -0.3 is 10.6 Å². The predicted molar refractivity (Wildman–Crippen MR) is 63.9 cm³/mol. The van der Waals surface area contributed by atoms with Gasteiger partial charge in [0.05, 0.1) is 28.4 Å². The van der Waals surface area contributed by atoms with Crippen LogP contribution in [0.5, 0.6) is 0 Å². The average Bonchev–Trinajstić information content (AvgIpc) is 2.23. The minimum atomic E-state index is -0.537. The van der Waals surface area contributed by atoms with Gasteiger partial charge >= 0.3 is 0 Å². The Morgan fingerprint density at radius 2 is 2.25 bits per heavy atom. The molecule has 1 unspecified atom stereocenters. The zero-order chi connectivity index (χ0) is 12.3. The molecule has 0 saturated heterocycles. The van der Waals surface area contributed by atoms with E-state index in [9.17, 15) is 4.39 Å². The van der Waals surface area contributed by atoms with Crippen molar-refractivity contribution >= 4 is 23.0 Å². The topological polar surface area (TPSA) is 53.0 Å². The van der Waals surface area contributed by atoms with E-state index in [1.807, 2.05) is 0 Å². The van der Waals surface area contributed by atoms with Crippen molar-refractivity contribution < 1.29 is 4.39 Å².